The van der Waals surface area contributed by atoms with Crippen LogP contribution in [0.1, 0.15) is 0 Å². The first-order chi connectivity index (χ1) is 7.80. The van der Waals surface area contributed by atoms with E-state index in [1.807, 2.05) is 0 Å². The smallest absolute Gasteiger partial charge is 0.263 e. The van der Waals surface area contributed by atoms with Crippen molar-refractivity contribution in [2.45, 2.75) is 4.90 Å². The Morgan fingerprint density at radius 3 is 2.29 bits per heavy atom. The van der Waals surface area contributed by atoms with Crippen LogP contribution in [0.2, 0.25) is 0 Å². The Labute approximate surface area is 102 Å². The van der Waals surface area contributed by atoms with Crippen LogP contribution in [0.25, 0.3) is 0 Å². The molecule has 1 aromatic carbocycles. The predicted molar refractivity (Wildman–Crippen MR) is 66.6 cm³/mol. The van der Waals surface area contributed by atoms with Crippen LogP contribution in [-0.2, 0) is 9.05 Å². The van der Waals surface area contributed by atoms with E-state index in [0.717, 1.165) is 0 Å². The van der Waals surface area contributed by atoms with E-state index in [2.05, 4.69) is 9.98 Å². The van der Waals surface area contributed by atoms with Crippen molar-refractivity contribution in [2.75, 3.05) is 0 Å². The fraction of sp³-hybridized carbons (Fsp3) is 0. The Bertz CT molecular complexity index is 577. The van der Waals surface area contributed by atoms with Crippen molar-refractivity contribution in [3.63, 3.8) is 0 Å². The zero-order valence-electron chi connectivity index (χ0n) is 8.54. The lowest BCUT2D eigenvalue weighted by molar-refractivity contribution is 0.610. The summed E-state index contributed by atoms with van der Waals surface area (Å²) < 4.78 is 22.5. The molecule has 92 valence electrons. The van der Waals surface area contributed by atoms with E-state index in [4.69, 9.17) is 27.9 Å². The lowest BCUT2D eigenvalue weighted by atomic mass is 10.3. The summed E-state index contributed by atoms with van der Waals surface area (Å²) in [6.45, 7) is 0. The number of benzene rings is 1. The monoisotopic (exact) mass is 275 g/mol. The third-order valence-electron chi connectivity index (χ3n) is 1.61. The normalized spacial score (nSPS) is 12.2. The number of guanidine groups is 2. The van der Waals surface area contributed by atoms with Gasteiger partial charge in [-0.05, 0) is 12.1 Å². The maximum absolute atomic E-state index is 11.2. The molecule has 0 radical (unpaired) electrons. The molecule has 0 aliphatic rings. The molecule has 0 fully saturated rings. The van der Waals surface area contributed by atoms with Gasteiger partial charge in [0.05, 0.1) is 5.69 Å². The highest BCUT2D eigenvalue weighted by molar-refractivity contribution is 8.13. The molecule has 0 bridgehead atoms. The average molecular weight is 276 g/mol. The zero-order chi connectivity index (χ0) is 13.1. The molecule has 0 aromatic heterocycles. The van der Waals surface area contributed by atoms with E-state index >= 15 is 0 Å². The summed E-state index contributed by atoms with van der Waals surface area (Å²) >= 11 is 0. The first-order valence-corrected chi connectivity index (χ1v) is 6.59. The molecular formula is C8H10ClN5O2S. The molecule has 0 saturated heterocycles. The molecule has 0 unspecified atom stereocenters. The number of rotatable bonds is 2. The third kappa shape index (κ3) is 3.93. The minimum atomic E-state index is -3.91. The molecule has 0 aliphatic heterocycles. The second-order valence-corrected chi connectivity index (χ2v) is 5.45. The standard InChI is InChI=1S/C8H10ClN5O2S/c9-17(15,16)6-4-2-1-3-5(6)13-8(12)14-7(10)11/h1-4H,(H6,10,11,12,13,14). The van der Waals surface area contributed by atoms with Crippen LogP contribution in [0.4, 0.5) is 5.69 Å². The molecule has 7 nitrogen and oxygen atoms in total. The van der Waals surface area contributed by atoms with E-state index < -0.39 is 9.05 Å². The van der Waals surface area contributed by atoms with Gasteiger partial charge in [0.15, 0.2) is 5.96 Å². The van der Waals surface area contributed by atoms with Gasteiger partial charge in [0.2, 0.25) is 5.96 Å². The minimum absolute atomic E-state index is 0.0602. The van der Waals surface area contributed by atoms with Crippen LogP contribution in [0.5, 0.6) is 0 Å². The van der Waals surface area contributed by atoms with Crippen molar-refractivity contribution in [1.82, 2.24) is 0 Å². The van der Waals surface area contributed by atoms with Crippen LogP contribution in [0, 0.1) is 0 Å². The highest BCUT2D eigenvalue weighted by Crippen LogP contribution is 2.26. The lowest BCUT2D eigenvalue weighted by Crippen LogP contribution is -2.26. The fourth-order valence-corrected chi connectivity index (χ4v) is 2.03. The summed E-state index contributed by atoms with van der Waals surface area (Å²) in [6, 6.07) is 5.80. The number of halogens is 1. The summed E-state index contributed by atoms with van der Waals surface area (Å²) in [7, 11) is 1.32. The second-order valence-electron chi connectivity index (χ2n) is 2.91. The van der Waals surface area contributed by atoms with Crippen molar-refractivity contribution in [3.8, 4) is 0 Å². The molecule has 0 aliphatic carbocycles. The topological polar surface area (TPSA) is 137 Å². The van der Waals surface area contributed by atoms with Gasteiger partial charge >= 0.3 is 0 Å². The summed E-state index contributed by atoms with van der Waals surface area (Å²) in [5.41, 5.74) is 15.6. The van der Waals surface area contributed by atoms with Crippen LogP contribution in [0.15, 0.2) is 39.1 Å². The molecule has 0 spiro atoms. The largest absolute Gasteiger partial charge is 0.370 e. The van der Waals surface area contributed by atoms with E-state index in [0.29, 0.717) is 0 Å². The average Bonchev–Trinajstić information content (AvgIpc) is 2.15. The third-order valence-corrected chi connectivity index (χ3v) is 2.98. The highest BCUT2D eigenvalue weighted by Gasteiger charge is 2.14. The van der Waals surface area contributed by atoms with Gasteiger partial charge in [0, 0.05) is 10.7 Å². The van der Waals surface area contributed by atoms with E-state index in [-0.39, 0.29) is 22.5 Å². The lowest BCUT2D eigenvalue weighted by Gasteiger charge is -2.01. The summed E-state index contributed by atoms with van der Waals surface area (Å²) in [4.78, 5) is 7.04. The molecular weight excluding hydrogens is 266 g/mol. The molecule has 1 rings (SSSR count). The predicted octanol–water partition coefficient (Wildman–Crippen LogP) is -0.166. The number of hydrogen-bond acceptors (Lipinski definition) is 3. The van der Waals surface area contributed by atoms with Gasteiger partial charge < -0.3 is 17.2 Å². The molecule has 0 atom stereocenters. The fourth-order valence-electron chi connectivity index (χ4n) is 1.04. The molecule has 0 heterocycles. The van der Waals surface area contributed by atoms with Gasteiger partial charge in [-0.3, -0.25) is 0 Å². The Morgan fingerprint density at radius 1 is 1.18 bits per heavy atom. The van der Waals surface area contributed by atoms with Gasteiger partial charge in [-0.1, -0.05) is 12.1 Å². The maximum Gasteiger partial charge on any atom is 0.263 e. The first-order valence-electron chi connectivity index (χ1n) is 4.28. The van der Waals surface area contributed by atoms with Gasteiger partial charge in [-0.2, -0.15) is 4.99 Å². The van der Waals surface area contributed by atoms with Crippen molar-refractivity contribution in [3.05, 3.63) is 24.3 Å². The molecule has 0 saturated carbocycles. The summed E-state index contributed by atoms with van der Waals surface area (Å²) in [5.74, 6) is -0.546. The first kappa shape index (κ1) is 13.3. The molecule has 9 heteroatoms. The number of aliphatic imine (C=N–C) groups is 2. The Hall–Kier alpha value is -1.80. The Balaban J connectivity index is 3.30. The van der Waals surface area contributed by atoms with Crippen molar-refractivity contribution in [2.24, 2.45) is 27.2 Å². The maximum atomic E-state index is 11.2. The van der Waals surface area contributed by atoms with E-state index in [9.17, 15) is 8.42 Å². The number of hydrogen-bond donors (Lipinski definition) is 3. The molecule has 1 aromatic rings. The van der Waals surface area contributed by atoms with E-state index in [1.165, 1.54) is 18.2 Å². The zero-order valence-corrected chi connectivity index (χ0v) is 10.1. The van der Waals surface area contributed by atoms with Crippen molar-refractivity contribution in [1.29, 1.82) is 0 Å². The molecule has 6 N–H and O–H groups in total. The quantitative estimate of drug-likeness (QED) is 0.391. The van der Waals surface area contributed by atoms with Crippen LogP contribution >= 0.6 is 10.7 Å². The SMILES string of the molecule is NC(N)=NC(N)=Nc1ccccc1S(=O)(=O)Cl. The summed E-state index contributed by atoms with van der Waals surface area (Å²) in [6.07, 6.45) is 0. The number of nitrogens with zero attached hydrogens (tertiary/aromatic N) is 2. The second kappa shape index (κ2) is 5.02. The Morgan fingerprint density at radius 2 is 1.76 bits per heavy atom. The van der Waals surface area contributed by atoms with Gasteiger partial charge in [-0.25, -0.2) is 13.4 Å². The van der Waals surface area contributed by atoms with E-state index in [1.54, 1.807) is 6.07 Å². The van der Waals surface area contributed by atoms with Gasteiger partial charge in [-0.15, -0.1) is 0 Å². The minimum Gasteiger partial charge on any atom is -0.370 e. The number of nitrogens with two attached hydrogens (primary N) is 3. The van der Waals surface area contributed by atoms with Crippen LogP contribution < -0.4 is 17.2 Å². The molecule has 17 heavy (non-hydrogen) atoms. The number of para-hydroxylation sites is 1. The van der Waals surface area contributed by atoms with Crippen molar-refractivity contribution < 1.29 is 8.42 Å². The van der Waals surface area contributed by atoms with Crippen LogP contribution in [0.3, 0.4) is 0 Å². The van der Waals surface area contributed by atoms with Gasteiger partial charge in [0.1, 0.15) is 4.90 Å². The van der Waals surface area contributed by atoms with Gasteiger partial charge in [0.25, 0.3) is 9.05 Å². The highest BCUT2D eigenvalue weighted by atomic mass is 35.7. The molecule has 0 amide bonds. The summed E-state index contributed by atoms with van der Waals surface area (Å²) in [5, 5.41) is 0. The Kier molecular flexibility index (Phi) is 3.92. The van der Waals surface area contributed by atoms with Crippen LogP contribution in [-0.4, -0.2) is 20.3 Å². The van der Waals surface area contributed by atoms with Crippen molar-refractivity contribution >= 4 is 37.3 Å².